The Morgan fingerprint density at radius 2 is 1.74 bits per heavy atom. The second-order valence-electron chi connectivity index (χ2n) is 8.39. The number of piperidine rings is 1. The summed E-state index contributed by atoms with van der Waals surface area (Å²) in [6.45, 7) is 9.51. The maximum absolute atomic E-state index is 11.6. The summed E-state index contributed by atoms with van der Waals surface area (Å²) in [7, 11) is 1.32. The van der Waals surface area contributed by atoms with Crippen LogP contribution in [0.5, 0.6) is 0 Å². The molecule has 0 unspecified atom stereocenters. The Labute approximate surface area is 161 Å². The lowest BCUT2D eigenvalue weighted by atomic mass is 9.79. The number of carbonyl (C=O) groups excluding carboxylic acids is 1. The van der Waals surface area contributed by atoms with Gasteiger partial charge in [-0.3, -0.25) is 15.0 Å². The maximum Gasteiger partial charge on any atom is 0.337 e. The Hall–Kier alpha value is -2.21. The summed E-state index contributed by atoms with van der Waals surface area (Å²) in [5, 5.41) is 11.6. The zero-order valence-corrected chi connectivity index (χ0v) is 16.9. The fourth-order valence-corrected chi connectivity index (χ4v) is 4.12. The highest BCUT2D eigenvalue weighted by atomic mass is 16.6. The van der Waals surface area contributed by atoms with Gasteiger partial charge in [-0.25, -0.2) is 4.79 Å². The number of methoxy groups -OCH3 is 1. The molecule has 6 nitrogen and oxygen atoms in total. The topological polar surface area (TPSA) is 72.7 Å². The number of hydrogen-bond acceptors (Lipinski definition) is 5. The van der Waals surface area contributed by atoms with Gasteiger partial charge < -0.3 is 4.74 Å². The van der Waals surface area contributed by atoms with Crippen molar-refractivity contribution in [3.8, 4) is 0 Å². The SMILES string of the molecule is COC(=O)c1ccc(/C=C(\CCN2C(C)(C)CCCC2(C)C)[N+](=O)[O-])cc1. The van der Waals surface area contributed by atoms with Gasteiger partial charge in [-0.15, -0.1) is 0 Å². The van der Waals surface area contributed by atoms with Crippen molar-refractivity contribution in [2.45, 2.75) is 64.5 Å². The van der Waals surface area contributed by atoms with Gasteiger partial charge in [-0.1, -0.05) is 12.1 Å². The predicted molar refractivity (Wildman–Crippen MR) is 106 cm³/mol. The number of carbonyl (C=O) groups is 1. The van der Waals surface area contributed by atoms with Crippen LogP contribution < -0.4 is 0 Å². The van der Waals surface area contributed by atoms with Crippen LogP contribution >= 0.6 is 0 Å². The minimum absolute atomic E-state index is 0.0334. The minimum Gasteiger partial charge on any atom is -0.465 e. The first kappa shape index (κ1) is 21.1. The van der Waals surface area contributed by atoms with E-state index in [2.05, 4.69) is 37.3 Å². The van der Waals surface area contributed by atoms with Gasteiger partial charge >= 0.3 is 5.97 Å². The molecule has 1 heterocycles. The van der Waals surface area contributed by atoms with Gasteiger partial charge in [0.05, 0.1) is 24.0 Å². The van der Waals surface area contributed by atoms with Gasteiger partial charge in [0.15, 0.2) is 0 Å². The number of ether oxygens (including phenoxy) is 1. The van der Waals surface area contributed by atoms with E-state index in [-0.39, 0.29) is 21.7 Å². The Morgan fingerprint density at radius 1 is 1.19 bits per heavy atom. The van der Waals surface area contributed by atoms with Gasteiger partial charge in [0, 0.05) is 23.7 Å². The molecule has 1 fully saturated rings. The maximum atomic E-state index is 11.6. The van der Waals surface area contributed by atoms with E-state index < -0.39 is 5.97 Å². The quantitative estimate of drug-likeness (QED) is 0.416. The Kier molecular flexibility index (Phi) is 6.42. The molecule has 2 rings (SSSR count). The van der Waals surface area contributed by atoms with Crippen LogP contribution in [-0.2, 0) is 4.74 Å². The van der Waals surface area contributed by atoms with E-state index in [0.717, 1.165) is 12.8 Å². The second kappa shape index (κ2) is 8.21. The predicted octanol–water partition coefficient (Wildman–Crippen LogP) is 4.52. The Morgan fingerprint density at radius 3 is 2.22 bits per heavy atom. The van der Waals surface area contributed by atoms with Crippen LogP contribution in [0.25, 0.3) is 6.08 Å². The third-order valence-corrected chi connectivity index (χ3v) is 5.53. The molecule has 0 N–H and O–H groups in total. The van der Waals surface area contributed by atoms with Crippen molar-refractivity contribution >= 4 is 12.0 Å². The highest BCUT2D eigenvalue weighted by Crippen LogP contribution is 2.38. The second-order valence-corrected chi connectivity index (χ2v) is 8.39. The summed E-state index contributed by atoms with van der Waals surface area (Å²) in [6.07, 6.45) is 5.34. The van der Waals surface area contributed by atoms with E-state index in [1.165, 1.54) is 13.5 Å². The number of hydrogen-bond donors (Lipinski definition) is 0. The van der Waals surface area contributed by atoms with Crippen LogP contribution in [0.3, 0.4) is 0 Å². The van der Waals surface area contributed by atoms with Crippen LogP contribution in [0.4, 0.5) is 0 Å². The molecular weight excluding hydrogens is 344 g/mol. The van der Waals surface area contributed by atoms with Crippen LogP contribution in [0, 0.1) is 10.1 Å². The highest BCUT2D eigenvalue weighted by Gasteiger charge is 2.41. The fraction of sp³-hybridized carbons (Fsp3) is 0.571. The highest BCUT2D eigenvalue weighted by molar-refractivity contribution is 5.89. The molecule has 0 atom stereocenters. The standard InChI is InChI=1S/C21H30N2O4/c1-20(2)12-6-13-21(3,4)22(20)14-11-18(23(25)26)15-16-7-9-17(10-8-16)19(24)27-5/h7-10,15H,6,11-14H2,1-5H3/b18-15+. The largest absolute Gasteiger partial charge is 0.465 e. The van der Waals surface area contributed by atoms with E-state index in [4.69, 9.17) is 0 Å². The Balaban J connectivity index is 2.16. The van der Waals surface area contributed by atoms with E-state index in [1.54, 1.807) is 30.3 Å². The first-order valence-corrected chi connectivity index (χ1v) is 9.38. The van der Waals surface area contributed by atoms with Crippen LogP contribution in [0.2, 0.25) is 0 Å². The Bertz CT molecular complexity index is 704. The van der Waals surface area contributed by atoms with Crippen molar-refractivity contribution in [2.75, 3.05) is 13.7 Å². The lowest BCUT2D eigenvalue weighted by Crippen LogP contribution is -2.58. The summed E-state index contributed by atoms with van der Waals surface area (Å²) in [5.41, 5.74) is 1.37. The number of likely N-dealkylation sites (tertiary alicyclic amines) is 1. The fourth-order valence-electron chi connectivity index (χ4n) is 4.12. The number of esters is 1. The molecule has 1 aliphatic heterocycles. The molecule has 0 aromatic heterocycles. The minimum atomic E-state index is -0.422. The zero-order valence-electron chi connectivity index (χ0n) is 16.9. The third kappa shape index (κ3) is 5.16. The molecule has 1 aromatic rings. The molecule has 1 aromatic carbocycles. The third-order valence-electron chi connectivity index (χ3n) is 5.53. The first-order chi connectivity index (χ1) is 12.6. The lowest BCUT2D eigenvalue weighted by Gasteiger charge is -2.53. The molecule has 1 aliphatic rings. The van der Waals surface area contributed by atoms with E-state index >= 15 is 0 Å². The van der Waals surface area contributed by atoms with Crippen LogP contribution in [-0.4, -0.2) is 40.5 Å². The molecule has 0 spiro atoms. The van der Waals surface area contributed by atoms with Crippen LogP contribution in [0.15, 0.2) is 30.0 Å². The van der Waals surface area contributed by atoms with Crippen molar-refractivity contribution < 1.29 is 14.5 Å². The van der Waals surface area contributed by atoms with Crippen LogP contribution in [0.1, 0.15) is 69.3 Å². The van der Waals surface area contributed by atoms with E-state index in [9.17, 15) is 14.9 Å². The van der Waals surface area contributed by atoms with E-state index in [0.29, 0.717) is 24.1 Å². The summed E-state index contributed by atoms with van der Waals surface area (Å²) in [4.78, 5) is 25.2. The van der Waals surface area contributed by atoms with Gasteiger partial charge in [0.25, 0.3) is 0 Å². The summed E-state index contributed by atoms with van der Waals surface area (Å²) in [5.74, 6) is -0.422. The van der Waals surface area contributed by atoms with Gasteiger partial charge in [0.2, 0.25) is 5.70 Å². The molecule has 0 radical (unpaired) electrons. The smallest absolute Gasteiger partial charge is 0.337 e. The van der Waals surface area contributed by atoms with Crippen molar-refractivity contribution in [3.05, 3.63) is 51.2 Å². The average Bonchev–Trinajstić information content (AvgIpc) is 2.59. The number of rotatable bonds is 6. The average molecular weight is 374 g/mol. The van der Waals surface area contributed by atoms with Crippen molar-refractivity contribution in [1.82, 2.24) is 4.90 Å². The summed E-state index contributed by atoms with van der Waals surface area (Å²) >= 11 is 0. The molecule has 148 valence electrons. The summed E-state index contributed by atoms with van der Waals surface area (Å²) < 4.78 is 4.67. The molecule has 27 heavy (non-hydrogen) atoms. The van der Waals surface area contributed by atoms with Crippen molar-refractivity contribution in [2.24, 2.45) is 0 Å². The molecule has 6 heteroatoms. The number of nitrogens with zero attached hydrogens (tertiary/aromatic N) is 2. The number of benzene rings is 1. The molecule has 0 aliphatic carbocycles. The van der Waals surface area contributed by atoms with Gasteiger partial charge in [-0.2, -0.15) is 0 Å². The number of nitro groups is 1. The monoisotopic (exact) mass is 374 g/mol. The molecular formula is C21H30N2O4. The van der Waals surface area contributed by atoms with Gasteiger partial charge in [0.1, 0.15) is 0 Å². The molecule has 0 saturated carbocycles. The van der Waals surface area contributed by atoms with Gasteiger partial charge in [-0.05, 0) is 64.7 Å². The normalized spacial score (nSPS) is 19.5. The summed E-state index contributed by atoms with van der Waals surface area (Å²) in [6, 6.07) is 6.63. The lowest BCUT2D eigenvalue weighted by molar-refractivity contribution is -0.426. The first-order valence-electron chi connectivity index (χ1n) is 9.38. The molecule has 0 amide bonds. The van der Waals surface area contributed by atoms with Crippen molar-refractivity contribution in [1.29, 1.82) is 0 Å². The van der Waals surface area contributed by atoms with Crippen molar-refractivity contribution in [3.63, 3.8) is 0 Å². The molecule has 1 saturated heterocycles. The zero-order chi connectivity index (χ0) is 20.2. The van der Waals surface area contributed by atoms with E-state index in [1.807, 2.05) is 0 Å². The molecule has 0 bridgehead atoms.